The Kier molecular flexibility index (Phi) is 2.69. The number of rotatable bonds is 2. The lowest BCUT2D eigenvalue weighted by atomic mass is 9.71. The van der Waals surface area contributed by atoms with Gasteiger partial charge in [0.25, 0.3) is 0 Å². The van der Waals surface area contributed by atoms with Gasteiger partial charge in [0.15, 0.2) is 0 Å². The van der Waals surface area contributed by atoms with E-state index >= 15 is 0 Å². The predicted octanol–water partition coefficient (Wildman–Crippen LogP) is -0.509. The van der Waals surface area contributed by atoms with Crippen molar-refractivity contribution >= 4 is 16.0 Å². The Morgan fingerprint density at radius 2 is 1.94 bits per heavy atom. The highest BCUT2D eigenvalue weighted by atomic mass is 32.2. The molecule has 3 atom stereocenters. The van der Waals surface area contributed by atoms with Gasteiger partial charge < -0.3 is 10.1 Å². The molecule has 18 heavy (non-hydrogen) atoms. The van der Waals surface area contributed by atoms with Crippen molar-refractivity contribution in [2.24, 2.45) is 10.6 Å². The minimum Gasteiger partial charge on any atom is -0.461 e. The van der Waals surface area contributed by atoms with Gasteiger partial charge in [0.1, 0.15) is 11.9 Å². The molecule has 3 heterocycles. The lowest BCUT2D eigenvalue weighted by Gasteiger charge is -2.40. The van der Waals surface area contributed by atoms with Crippen LogP contribution in [0.3, 0.4) is 0 Å². The number of hydrogen-bond acceptors (Lipinski definition) is 5. The van der Waals surface area contributed by atoms with E-state index in [0.29, 0.717) is 18.5 Å². The summed E-state index contributed by atoms with van der Waals surface area (Å²) in [7, 11) is -3.62. The topological polar surface area (TPSA) is 98.5 Å². The Labute approximate surface area is 106 Å². The van der Waals surface area contributed by atoms with E-state index in [1.54, 1.807) is 0 Å². The zero-order valence-corrected chi connectivity index (χ0v) is 10.9. The van der Waals surface area contributed by atoms with E-state index in [-0.39, 0.29) is 17.1 Å². The molecule has 1 spiro atoms. The maximum absolute atomic E-state index is 11.6. The number of cyclic esters (lactones) is 1. The van der Waals surface area contributed by atoms with Crippen molar-refractivity contribution in [2.75, 3.05) is 5.75 Å². The van der Waals surface area contributed by atoms with Crippen LogP contribution in [0.1, 0.15) is 32.1 Å². The van der Waals surface area contributed by atoms with Crippen molar-refractivity contribution < 1.29 is 17.9 Å². The van der Waals surface area contributed by atoms with Gasteiger partial charge >= 0.3 is 5.97 Å². The second-order valence-corrected chi connectivity index (χ2v) is 7.55. The molecule has 0 aliphatic carbocycles. The maximum Gasteiger partial charge on any atom is 0.306 e. The molecule has 3 aliphatic rings. The van der Waals surface area contributed by atoms with Crippen molar-refractivity contribution in [1.82, 2.24) is 5.32 Å². The van der Waals surface area contributed by atoms with E-state index in [4.69, 9.17) is 9.88 Å². The molecular formula is C11H18N2O4S. The summed E-state index contributed by atoms with van der Waals surface area (Å²) in [6.45, 7) is 0. The number of carbonyl (C=O) groups is 1. The third-order valence-electron chi connectivity index (χ3n) is 4.48. The summed E-state index contributed by atoms with van der Waals surface area (Å²) >= 11 is 0. The van der Waals surface area contributed by atoms with E-state index in [0.717, 1.165) is 25.7 Å². The summed E-state index contributed by atoms with van der Waals surface area (Å²) in [4.78, 5) is 11.6. The first-order chi connectivity index (χ1) is 8.36. The van der Waals surface area contributed by atoms with E-state index in [9.17, 15) is 13.2 Å². The molecule has 0 aromatic heterocycles. The van der Waals surface area contributed by atoms with Crippen LogP contribution in [0.15, 0.2) is 0 Å². The minimum absolute atomic E-state index is 0.252. The van der Waals surface area contributed by atoms with Gasteiger partial charge in [0, 0.05) is 17.5 Å². The molecule has 0 aromatic rings. The van der Waals surface area contributed by atoms with Crippen LogP contribution in [-0.4, -0.2) is 38.3 Å². The molecule has 0 amide bonds. The summed E-state index contributed by atoms with van der Waals surface area (Å²) in [6, 6.07) is 0.780. The second-order valence-electron chi connectivity index (χ2n) is 5.89. The summed E-state index contributed by atoms with van der Waals surface area (Å²) in [5.41, 5.74) is -0.319. The Morgan fingerprint density at radius 3 is 2.50 bits per heavy atom. The van der Waals surface area contributed by atoms with Gasteiger partial charge in [-0.1, -0.05) is 0 Å². The number of hydrogen-bond donors (Lipinski definition) is 2. The fourth-order valence-electron chi connectivity index (χ4n) is 3.84. The van der Waals surface area contributed by atoms with Gasteiger partial charge in [-0.15, -0.1) is 0 Å². The number of carbonyl (C=O) groups excluding carboxylic acids is 1. The summed E-state index contributed by atoms with van der Waals surface area (Å²) < 4.78 is 27.8. The quantitative estimate of drug-likeness (QED) is 0.661. The van der Waals surface area contributed by atoms with E-state index in [2.05, 4.69) is 5.32 Å². The molecule has 7 heteroatoms. The molecular weight excluding hydrogens is 256 g/mol. The summed E-state index contributed by atoms with van der Waals surface area (Å²) in [5.74, 6) is -0.539. The second kappa shape index (κ2) is 3.91. The van der Waals surface area contributed by atoms with Crippen molar-refractivity contribution in [3.63, 3.8) is 0 Å². The Morgan fingerprint density at radius 1 is 1.33 bits per heavy atom. The predicted molar refractivity (Wildman–Crippen MR) is 64.1 cm³/mol. The normalized spacial score (nSPS) is 43.4. The SMILES string of the molecule is NS(=O)(=O)CC1OC(=O)CC12CC1CCC(C2)N1. The smallest absolute Gasteiger partial charge is 0.306 e. The number of piperidine rings is 1. The van der Waals surface area contributed by atoms with Crippen LogP contribution in [0, 0.1) is 5.41 Å². The molecule has 3 rings (SSSR count). The number of nitrogens with one attached hydrogen (secondary N) is 1. The molecule has 102 valence electrons. The molecule has 3 fully saturated rings. The van der Waals surface area contributed by atoms with Crippen LogP contribution in [0.5, 0.6) is 0 Å². The molecule has 2 bridgehead atoms. The number of sulfonamides is 1. The Hall–Kier alpha value is -0.660. The lowest BCUT2D eigenvalue weighted by Crippen LogP contribution is -2.50. The molecule has 3 saturated heterocycles. The molecule has 3 unspecified atom stereocenters. The molecule has 3 N–H and O–H groups in total. The minimum atomic E-state index is -3.62. The molecule has 0 radical (unpaired) electrons. The monoisotopic (exact) mass is 274 g/mol. The van der Waals surface area contributed by atoms with E-state index < -0.39 is 16.1 Å². The summed E-state index contributed by atoms with van der Waals surface area (Å²) in [6.07, 6.45) is 3.60. The maximum atomic E-state index is 11.6. The first kappa shape index (κ1) is 12.4. The third kappa shape index (κ3) is 2.15. The molecule has 3 aliphatic heterocycles. The number of esters is 1. The number of ether oxygens (including phenoxy) is 1. The van der Waals surface area contributed by atoms with Gasteiger partial charge in [-0.2, -0.15) is 0 Å². The van der Waals surface area contributed by atoms with Crippen LogP contribution >= 0.6 is 0 Å². The Balaban J connectivity index is 1.86. The highest BCUT2D eigenvalue weighted by Crippen LogP contribution is 2.49. The highest BCUT2D eigenvalue weighted by molar-refractivity contribution is 7.89. The third-order valence-corrected chi connectivity index (χ3v) is 5.25. The van der Waals surface area contributed by atoms with Crippen LogP contribution < -0.4 is 10.5 Å². The van der Waals surface area contributed by atoms with Gasteiger partial charge in [-0.25, -0.2) is 13.6 Å². The zero-order chi connectivity index (χ0) is 13.0. The van der Waals surface area contributed by atoms with Crippen molar-refractivity contribution in [2.45, 2.75) is 50.3 Å². The standard InChI is InChI=1S/C11H18N2O4S/c12-18(15,16)6-9-11(5-10(14)17-9)3-7-1-2-8(4-11)13-7/h7-9,13H,1-6H2,(H2,12,15,16). The Bertz CT molecular complexity index is 463. The number of fused-ring (bicyclic) bond motifs is 2. The van der Waals surface area contributed by atoms with Gasteiger partial charge in [0.05, 0.1) is 6.42 Å². The first-order valence-corrected chi connectivity index (χ1v) is 8.04. The molecule has 0 saturated carbocycles. The first-order valence-electron chi connectivity index (χ1n) is 6.32. The van der Waals surface area contributed by atoms with Gasteiger partial charge in [0.2, 0.25) is 10.0 Å². The van der Waals surface area contributed by atoms with Crippen molar-refractivity contribution in [3.05, 3.63) is 0 Å². The zero-order valence-electron chi connectivity index (χ0n) is 10.1. The van der Waals surface area contributed by atoms with Crippen LogP contribution in [0.25, 0.3) is 0 Å². The average molecular weight is 274 g/mol. The van der Waals surface area contributed by atoms with E-state index in [1.165, 1.54) is 0 Å². The molecule has 6 nitrogen and oxygen atoms in total. The summed E-state index contributed by atoms with van der Waals surface area (Å²) in [5, 5.41) is 8.59. The number of nitrogens with two attached hydrogens (primary N) is 1. The average Bonchev–Trinajstić information content (AvgIpc) is 2.67. The fourth-order valence-corrected chi connectivity index (χ4v) is 4.69. The number of primary sulfonamides is 1. The molecule has 0 aromatic carbocycles. The fraction of sp³-hybridized carbons (Fsp3) is 0.909. The van der Waals surface area contributed by atoms with E-state index in [1.807, 2.05) is 0 Å². The largest absolute Gasteiger partial charge is 0.461 e. The lowest BCUT2D eigenvalue weighted by molar-refractivity contribution is -0.141. The highest BCUT2D eigenvalue weighted by Gasteiger charge is 2.55. The van der Waals surface area contributed by atoms with Crippen molar-refractivity contribution in [3.8, 4) is 0 Å². The van der Waals surface area contributed by atoms with Gasteiger partial charge in [-0.05, 0) is 25.7 Å². The van der Waals surface area contributed by atoms with Crippen molar-refractivity contribution in [1.29, 1.82) is 0 Å². The van der Waals surface area contributed by atoms with Crippen LogP contribution in [0.4, 0.5) is 0 Å². The van der Waals surface area contributed by atoms with Gasteiger partial charge in [-0.3, -0.25) is 4.79 Å². The van der Waals surface area contributed by atoms with Crippen LogP contribution in [-0.2, 0) is 19.6 Å². The van der Waals surface area contributed by atoms with Crippen LogP contribution in [0.2, 0.25) is 0 Å².